The van der Waals surface area contributed by atoms with E-state index in [1.165, 1.54) is 12.8 Å². The number of benzene rings is 1. The van der Waals surface area contributed by atoms with E-state index in [0.29, 0.717) is 12.6 Å². The molecule has 5 nitrogen and oxygen atoms in total. The van der Waals surface area contributed by atoms with Crippen LogP contribution in [0, 0.1) is 0 Å². The monoisotopic (exact) mass is 301 g/mol. The van der Waals surface area contributed by atoms with Crippen LogP contribution in [-0.2, 0) is 16.1 Å². The molecule has 0 radical (unpaired) electrons. The van der Waals surface area contributed by atoms with Crippen molar-refractivity contribution in [3.63, 3.8) is 0 Å². The summed E-state index contributed by atoms with van der Waals surface area (Å²) in [4.78, 5) is 24.2. The van der Waals surface area contributed by atoms with Crippen LogP contribution in [0.3, 0.4) is 0 Å². The molecule has 1 saturated carbocycles. The van der Waals surface area contributed by atoms with E-state index in [4.69, 9.17) is 0 Å². The van der Waals surface area contributed by atoms with Crippen molar-refractivity contribution in [2.24, 2.45) is 0 Å². The molecule has 3 rings (SSSR count). The topological polar surface area (TPSA) is 70.2 Å². The van der Waals surface area contributed by atoms with E-state index >= 15 is 0 Å². The molecule has 3 atom stereocenters. The second-order valence-electron chi connectivity index (χ2n) is 6.19. The van der Waals surface area contributed by atoms with Crippen molar-refractivity contribution in [3.05, 3.63) is 35.9 Å². The molecule has 0 spiro atoms. The molecule has 5 heteroatoms. The molecule has 1 saturated heterocycles. The van der Waals surface area contributed by atoms with Gasteiger partial charge in [0.1, 0.15) is 0 Å². The molecule has 1 heterocycles. The summed E-state index contributed by atoms with van der Waals surface area (Å²) in [6.45, 7) is 0.500. The fraction of sp³-hybridized carbons (Fsp3) is 0.529. The smallest absolute Gasteiger partial charge is 0.237 e. The molecule has 1 aliphatic carbocycles. The highest BCUT2D eigenvalue weighted by Crippen LogP contribution is 2.22. The fourth-order valence-electron chi connectivity index (χ4n) is 3.33. The van der Waals surface area contributed by atoms with E-state index in [-0.39, 0.29) is 24.3 Å². The molecular formula is C17H23N3O2. The van der Waals surface area contributed by atoms with E-state index < -0.39 is 6.04 Å². The summed E-state index contributed by atoms with van der Waals surface area (Å²) >= 11 is 0. The van der Waals surface area contributed by atoms with Crippen molar-refractivity contribution in [1.29, 1.82) is 0 Å². The Labute approximate surface area is 130 Å². The van der Waals surface area contributed by atoms with Crippen LogP contribution < -0.4 is 16.0 Å². The number of amides is 2. The average Bonchev–Trinajstić information content (AvgIpc) is 2.55. The highest BCUT2D eigenvalue weighted by molar-refractivity contribution is 5.89. The van der Waals surface area contributed by atoms with Crippen molar-refractivity contribution in [1.82, 2.24) is 16.0 Å². The first-order valence-electron chi connectivity index (χ1n) is 8.09. The Bertz CT molecular complexity index is 532. The lowest BCUT2D eigenvalue weighted by atomic mass is 9.87. The largest absolute Gasteiger partial charge is 0.352 e. The van der Waals surface area contributed by atoms with Gasteiger partial charge < -0.3 is 16.0 Å². The van der Waals surface area contributed by atoms with Crippen molar-refractivity contribution in [3.8, 4) is 0 Å². The zero-order chi connectivity index (χ0) is 15.4. The number of hydrogen-bond acceptors (Lipinski definition) is 3. The van der Waals surface area contributed by atoms with Gasteiger partial charge in [-0.25, -0.2) is 0 Å². The van der Waals surface area contributed by atoms with Crippen molar-refractivity contribution < 1.29 is 9.59 Å². The van der Waals surface area contributed by atoms with Gasteiger partial charge in [-0.2, -0.15) is 0 Å². The zero-order valence-electron chi connectivity index (χ0n) is 12.7. The van der Waals surface area contributed by atoms with Gasteiger partial charge in [-0.05, 0) is 18.4 Å². The molecule has 22 heavy (non-hydrogen) atoms. The van der Waals surface area contributed by atoms with Gasteiger partial charge >= 0.3 is 0 Å². The fourth-order valence-corrected chi connectivity index (χ4v) is 3.33. The van der Waals surface area contributed by atoms with Crippen LogP contribution in [0.25, 0.3) is 0 Å². The molecule has 2 amide bonds. The van der Waals surface area contributed by atoms with E-state index in [2.05, 4.69) is 16.0 Å². The molecule has 0 bridgehead atoms. The number of nitrogens with one attached hydrogen (secondary N) is 3. The molecule has 1 aliphatic heterocycles. The van der Waals surface area contributed by atoms with Gasteiger partial charge in [-0.15, -0.1) is 0 Å². The number of rotatable bonds is 4. The van der Waals surface area contributed by atoms with Gasteiger partial charge in [-0.1, -0.05) is 43.2 Å². The Morgan fingerprint density at radius 2 is 1.86 bits per heavy atom. The number of carbonyl (C=O) groups is 2. The van der Waals surface area contributed by atoms with Crippen molar-refractivity contribution in [2.75, 3.05) is 0 Å². The van der Waals surface area contributed by atoms with Crippen LogP contribution in [0.1, 0.15) is 37.7 Å². The maximum absolute atomic E-state index is 12.1. The summed E-state index contributed by atoms with van der Waals surface area (Å²) < 4.78 is 0. The number of fused-ring (bicyclic) bond motifs is 1. The third-order valence-corrected chi connectivity index (χ3v) is 4.55. The van der Waals surface area contributed by atoms with E-state index in [1.54, 1.807) is 0 Å². The molecule has 1 aromatic rings. The van der Waals surface area contributed by atoms with Gasteiger partial charge in [0.25, 0.3) is 0 Å². The summed E-state index contributed by atoms with van der Waals surface area (Å²) in [6, 6.07) is 9.93. The highest BCUT2D eigenvalue weighted by atomic mass is 16.2. The van der Waals surface area contributed by atoms with Gasteiger partial charge in [-0.3, -0.25) is 9.59 Å². The first kappa shape index (κ1) is 15.0. The van der Waals surface area contributed by atoms with Crippen LogP contribution in [0.5, 0.6) is 0 Å². The Balaban J connectivity index is 1.49. The maximum atomic E-state index is 12.1. The predicted octanol–water partition coefficient (Wildman–Crippen LogP) is 1.09. The van der Waals surface area contributed by atoms with E-state index in [1.807, 2.05) is 30.3 Å². The summed E-state index contributed by atoms with van der Waals surface area (Å²) in [5, 5.41) is 9.31. The lowest BCUT2D eigenvalue weighted by Gasteiger charge is -2.40. The van der Waals surface area contributed by atoms with Gasteiger partial charge in [0.05, 0.1) is 12.5 Å². The first-order valence-corrected chi connectivity index (χ1v) is 8.09. The molecule has 1 aromatic carbocycles. The Kier molecular flexibility index (Phi) is 4.73. The molecule has 0 unspecified atom stereocenters. The molecule has 2 aliphatic rings. The normalized spacial score (nSPS) is 27.6. The molecule has 2 fully saturated rings. The number of carbonyl (C=O) groups excluding carboxylic acids is 2. The minimum atomic E-state index is -0.407. The van der Waals surface area contributed by atoms with Crippen LogP contribution >= 0.6 is 0 Å². The van der Waals surface area contributed by atoms with Crippen molar-refractivity contribution in [2.45, 2.75) is 56.8 Å². The number of piperazine rings is 1. The summed E-state index contributed by atoms with van der Waals surface area (Å²) in [7, 11) is 0. The Morgan fingerprint density at radius 3 is 2.64 bits per heavy atom. The minimum Gasteiger partial charge on any atom is -0.352 e. The quantitative estimate of drug-likeness (QED) is 0.780. The third kappa shape index (κ3) is 3.65. The molecule has 0 aromatic heterocycles. The molecule has 3 N–H and O–H groups in total. The molecular weight excluding hydrogens is 278 g/mol. The standard InChI is InChI=1S/C17H23N3O2/c21-16(18-11-12-6-2-1-3-7-12)10-15-17(22)20-14-9-5-4-8-13(14)19-15/h1-3,6-7,13-15,19H,4-5,8-11H2,(H,18,21)(H,20,22)/t13-,14+,15-/m0/s1. The van der Waals surface area contributed by atoms with Crippen molar-refractivity contribution >= 4 is 11.8 Å². The summed E-state index contributed by atoms with van der Waals surface area (Å²) in [5.74, 6) is -0.135. The van der Waals surface area contributed by atoms with Crippen LogP contribution in [0.2, 0.25) is 0 Å². The van der Waals surface area contributed by atoms with E-state index in [0.717, 1.165) is 18.4 Å². The first-order chi connectivity index (χ1) is 10.7. The third-order valence-electron chi connectivity index (χ3n) is 4.55. The Hall–Kier alpha value is -1.88. The van der Waals surface area contributed by atoms with Gasteiger partial charge in [0.15, 0.2) is 0 Å². The second-order valence-corrected chi connectivity index (χ2v) is 6.19. The summed E-state index contributed by atoms with van der Waals surface area (Å²) in [6.07, 6.45) is 4.67. The van der Waals surface area contributed by atoms with Crippen LogP contribution in [-0.4, -0.2) is 29.9 Å². The minimum absolute atomic E-state index is 0.0435. The predicted molar refractivity (Wildman–Crippen MR) is 84.0 cm³/mol. The second kappa shape index (κ2) is 6.92. The van der Waals surface area contributed by atoms with Gasteiger partial charge in [0, 0.05) is 18.6 Å². The number of hydrogen-bond donors (Lipinski definition) is 3. The highest BCUT2D eigenvalue weighted by Gasteiger charge is 2.36. The zero-order valence-corrected chi connectivity index (χ0v) is 12.7. The van der Waals surface area contributed by atoms with E-state index in [9.17, 15) is 9.59 Å². The Morgan fingerprint density at radius 1 is 1.14 bits per heavy atom. The van der Waals surface area contributed by atoms with Crippen LogP contribution in [0.15, 0.2) is 30.3 Å². The molecule has 118 valence electrons. The summed E-state index contributed by atoms with van der Waals surface area (Å²) in [5.41, 5.74) is 1.06. The van der Waals surface area contributed by atoms with Gasteiger partial charge in [0.2, 0.25) is 11.8 Å². The average molecular weight is 301 g/mol. The lowest BCUT2D eigenvalue weighted by Crippen LogP contribution is -2.65. The van der Waals surface area contributed by atoms with Crippen LogP contribution in [0.4, 0.5) is 0 Å². The SMILES string of the molecule is O=C(C[C@@H]1N[C@H]2CCCC[C@H]2NC1=O)NCc1ccccc1. The maximum Gasteiger partial charge on any atom is 0.237 e. The lowest BCUT2D eigenvalue weighted by molar-refractivity contribution is -0.131.